The van der Waals surface area contributed by atoms with Crippen molar-refractivity contribution in [3.8, 4) is 16.9 Å². The quantitative estimate of drug-likeness (QED) is 0.582. The second kappa shape index (κ2) is 8.95. The molecule has 6 rings (SSSR count). The average molecular weight is 448 g/mol. The van der Waals surface area contributed by atoms with E-state index < -0.39 is 0 Å². The van der Waals surface area contributed by atoms with Gasteiger partial charge in [0.1, 0.15) is 30.1 Å². The van der Waals surface area contributed by atoms with Crippen LogP contribution in [-0.4, -0.2) is 58.4 Å². The first-order valence-electron chi connectivity index (χ1n) is 12.4. The Labute approximate surface area is 194 Å². The van der Waals surface area contributed by atoms with Crippen LogP contribution in [0.1, 0.15) is 44.6 Å². The number of nitrogens with two attached hydrogens (primary N) is 1. The van der Waals surface area contributed by atoms with Gasteiger partial charge in [-0.15, -0.1) is 0 Å². The highest BCUT2D eigenvalue weighted by molar-refractivity contribution is 6.00. The molecule has 2 aliphatic heterocycles. The minimum atomic E-state index is 0.191. The topological polar surface area (TPSA) is 78.4 Å². The third-order valence-corrected chi connectivity index (χ3v) is 7.56. The van der Waals surface area contributed by atoms with Crippen LogP contribution in [-0.2, 0) is 4.74 Å². The summed E-state index contributed by atoms with van der Waals surface area (Å²) in [5.41, 5.74) is 9.46. The van der Waals surface area contributed by atoms with Gasteiger partial charge in [-0.1, -0.05) is 12.1 Å². The molecule has 0 unspecified atom stereocenters. The van der Waals surface area contributed by atoms with E-state index in [0.29, 0.717) is 18.5 Å². The average Bonchev–Trinajstić information content (AvgIpc) is 3.17. The maximum absolute atomic E-state index is 6.36. The lowest BCUT2D eigenvalue weighted by molar-refractivity contribution is -0.0110. The third kappa shape index (κ3) is 4.20. The number of likely N-dealkylation sites (tertiary alicyclic amines) is 1. The van der Waals surface area contributed by atoms with E-state index in [1.807, 2.05) is 12.1 Å². The molecule has 33 heavy (non-hydrogen) atoms. The van der Waals surface area contributed by atoms with E-state index >= 15 is 0 Å². The fraction of sp³-hybridized carbons (Fsp3) is 0.538. The summed E-state index contributed by atoms with van der Waals surface area (Å²) in [4.78, 5) is 11.5. The summed E-state index contributed by atoms with van der Waals surface area (Å²) in [7, 11) is 0. The number of nitrogens with zero attached hydrogens (tertiary/aromatic N) is 4. The molecular formula is C26H33N5O2. The second-order valence-corrected chi connectivity index (χ2v) is 9.88. The second-order valence-electron chi connectivity index (χ2n) is 9.88. The van der Waals surface area contributed by atoms with Crippen LogP contribution in [0.15, 0.2) is 36.8 Å². The van der Waals surface area contributed by atoms with Crippen molar-refractivity contribution in [2.24, 2.45) is 5.92 Å². The largest absolute Gasteiger partial charge is 0.491 e. The highest BCUT2D eigenvalue weighted by atomic mass is 16.5. The van der Waals surface area contributed by atoms with Crippen molar-refractivity contribution in [1.82, 2.24) is 19.4 Å². The molecule has 1 atom stereocenters. The Morgan fingerprint density at radius 1 is 1.12 bits per heavy atom. The molecule has 0 bridgehead atoms. The van der Waals surface area contributed by atoms with Crippen molar-refractivity contribution in [2.75, 3.05) is 38.6 Å². The van der Waals surface area contributed by atoms with E-state index in [1.54, 1.807) is 6.33 Å². The van der Waals surface area contributed by atoms with Crippen LogP contribution >= 0.6 is 0 Å². The van der Waals surface area contributed by atoms with E-state index in [-0.39, 0.29) is 6.10 Å². The molecule has 2 saturated heterocycles. The SMILES string of the molecule is Nc1ncnc2c1c(-c1cccc(OC[C@H]3CCCCO3)c1)cn2C1CC(CN2CCC2)C1. The zero-order valence-corrected chi connectivity index (χ0v) is 19.2. The molecule has 1 saturated carbocycles. The van der Waals surface area contributed by atoms with Crippen molar-refractivity contribution < 1.29 is 9.47 Å². The molecule has 7 nitrogen and oxygen atoms in total. The van der Waals surface area contributed by atoms with Crippen molar-refractivity contribution in [1.29, 1.82) is 0 Å². The summed E-state index contributed by atoms with van der Waals surface area (Å²) in [6, 6.07) is 8.74. The summed E-state index contributed by atoms with van der Waals surface area (Å²) in [6.07, 6.45) is 11.2. The lowest BCUT2D eigenvalue weighted by atomic mass is 9.79. The first-order valence-corrected chi connectivity index (χ1v) is 12.4. The monoisotopic (exact) mass is 447 g/mol. The lowest BCUT2D eigenvalue weighted by Gasteiger charge is -2.42. The van der Waals surface area contributed by atoms with Gasteiger partial charge in [0.05, 0.1) is 11.5 Å². The number of fused-ring (bicyclic) bond motifs is 1. The highest BCUT2D eigenvalue weighted by Crippen LogP contribution is 2.43. The molecule has 3 aliphatic rings. The molecule has 174 valence electrons. The number of benzene rings is 1. The molecule has 0 radical (unpaired) electrons. The summed E-state index contributed by atoms with van der Waals surface area (Å²) < 4.78 is 14.3. The van der Waals surface area contributed by atoms with Crippen molar-refractivity contribution >= 4 is 16.9 Å². The van der Waals surface area contributed by atoms with Crippen LogP contribution in [0.2, 0.25) is 0 Å². The van der Waals surface area contributed by atoms with E-state index in [2.05, 4.69) is 37.8 Å². The Hall–Kier alpha value is -2.64. The fourth-order valence-electron chi connectivity index (χ4n) is 5.49. The van der Waals surface area contributed by atoms with E-state index in [1.165, 1.54) is 45.3 Å². The van der Waals surface area contributed by atoms with E-state index in [4.69, 9.17) is 15.2 Å². The Bertz CT molecular complexity index is 1110. The molecular weight excluding hydrogens is 414 g/mol. The number of hydrogen-bond donors (Lipinski definition) is 1. The van der Waals surface area contributed by atoms with Gasteiger partial charge in [0.25, 0.3) is 0 Å². The number of nitrogen functional groups attached to an aromatic ring is 1. The van der Waals surface area contributed by atoms with Gasteiger partial charge >= 0.3 is 0 Å². The minimum absolute atomic E-state index is 0.191. The first kappa shape index (κ1) is 20.9. The summed E-state index contributed by atoms with van der Waals surface area (Å²) in [6.45, 7) is 5.22. The van der Waals surface area contributed by atoms with E-state index in [9.17, 15) is 0 Å². The molecule has 0 spiro atoms. The Kier molecular flexibility index (Phi) is 5.68. The summed E-state index contributed by atoms with van der Waals surface area (Å²) in [5, 5.41) is 0.941. The summed E-state index contributed by atoms with van der Waals surface area (Å²) >= 11 is 0. The number of anilines is 1. The van der Waals surface area contributed by atoms with E-state index in [0.717, 1.165) is 53.3 Å². The third-order valence-electron chi connectivity index (χ3n) is 7.56. The molecule has 0 amide bonds. The fourth-order valence-corrected chi connectivity index (χ4v) is 5.49. The lowest BCUT2D eigenvalue weighted by Crippen LogP contribution is -2.43. The minimum Gasteiger partial charge on any atom is -0.491 e. The van der Waals surface area contributed by atoms with Gasteiger partial charge in [-0.2, -0.15) is 0 Å². The molecule has 2 N–H and O–H groups in total. The standard InChI is InChI=1S/C26H33N5O2/c27-25-24-23(19-5-3-7-21(13-19)33-16-22-6-1-2-10-32-22)15-31(26(24)29-17-28-25)20-11-18(12-20)14-30-8-4-9-30/h3,5,7,13,15,17-18,20,22H,1-2,4,6,8-12,14,16H2,(H2,27,28,29)/t18?,20?,22-/m1/s1. The maximum Gasteiger partial charge on any atom is 0.146 e. The van der Waals surface area contributed by atoms with Crippen molar-refractivity contribution in [2.45, 2.75) is 50.7 Å². The number of hydrogen-bond acceptors (Lipinski definition) is 6. The van der Waals surface area contributed by atoms with Crippen molar-refractivity contribution in [3.63, 3.8) is 0 Å². The molecule has 7 heteroatoms. The van der Waals surface area contributed by atoms with Gasteiger partial charge in [-0.25, -0.2) is 9.97 Å². The van der Waals surface area contributed by atoms with Gasteiger partial charge in [0.15, 0.2) is 0 Å². The normalized spacial score (nSPS) is 25.5. The van der Waals surface area contributed by atoms with Gasteiger partial charge in [-0.05, 0) is 75.2 Å². The molecule has 1 aliphatic carbocycles. The van der Waals surface area contributed by atoms with Crippen LogP contribution in [0.5, 0.6) is 5.75 Å². The van der Waals surface area contributed by atoms with Crippen LogP contribution in [0, 0.1) is 5.92 Å². The molecule has 3 fully saturated rings. The van der Waals surface area contributed by atoms with Gasteiger partial charge in [0.2, 0.25) is 0 Å². The Morgan fingerprint density at radius 3 is 2.82 bits per heavy atom. The smallest absolute Gasteiger partial charge is 0.146 e. The molecule has 2 aromatic heterocycles. The Balaban J connectivity index is 1.24. The van der Waals surface area contributed by atoms with Crippen LogP contribution in [0.25, 0.3) is 22.2 Å². The zero-order valence-electron chi connectivity index (χ0n) is 19.2. The highest BCUT2D eigenvalue weighted by Gasteiger charge is 2.34. The maximum atomic E-state index is 6.36. The Morgan fingerprint density at radius 2 is 2.03 bits per heavy atom. The van der Waals surface area contributed by atoms with Gasteiger partial charge in [0, 0.05) is 31.0 Å². The van der Waals surface area contributed by atoms with Crippen molar-refractivity contribution in [3.05, 3.63) is 36.8 Å². The number of ether oxygens (including phenoxy) is 2. The molecule has 4 heterocycles. The van der Waals surface area contributed by atoms with Crippen LogP contribution in [0.4, 0.5) is 5.82 Å². The summed E-state index contributed by atoms with van der Waals surface area (Å²) in [5.74, 6) is 2.18. The molecule has 3 aromatic rings. The zero-order chi connectivity index (χ0) is 22.2. The van der Waals surface area contributed by atoms with Crippen LogP contribution < -0.4 is 10.5 Å². The number of aromatic nitrogens is 3. The first-order chi connectivity index (χ1) is 16.2. The van der Waals surface area contributed by atoms with Crippen LogP contribution in [0.3, 0.4) is 0 Å². The predicted octanol–water partition coefficient (Wildman–Crippen LogP) is 4.29. The predicted molar refractivity (Wildman–Crippen MR) is 129 cm³/mol. The molecule has 1 aromatic carbocycles. The number of rotatable bonds is 7. The van der Waals surface area contributed by atoms with Gasteiger partial charge < -0.3 is 24.7 Å². The van der Waals surface area contributed by atoms with Gasteiger partial charge in [-0.3, -0.25) is 0 Å².